The fourth-order valence-electron chi connectivity index (χ4n) is 2.13. The fraction of sp³-hybridized carbons (Fsp3) is 0.400. The number of aliphatic hydroxyl groups is 1. The zero-order chi connectivity index (χ0) is 12.3. The summed E-state index contributed by atoms with van der Waals surface area (Å²) in [6.07, 6.45) is 1.33. The van der Waals surface area contributed by atoms with E-state index in [1.165, 1.54) is 0 Å². The minimum atomic E-state index is -0.834. The predicted octanol–water partition coefficient (Wildman–Crippen LogP) is 2.16. The van der Waals surface area contributed by atoms with Gasteiger partial charge in [0.2, 0.25) is 0 Å². The zero-order valence-corrected chi connectivity index (χ0v) is 9.94. The number of rotatable bonds is 0. The Morgan fingerprint density at radius 2 is 2.06 bits per heavy atom. The maximum atomic E-state index is 11.9. The third kappa shape index (κ3) is 2.57. The van der Waals surface area contributed by atoms with E-state index in [1.807, 2.05) is 37.3 Å². The number of aliphatic hydroxyl groups excluding tert-OH is 1. The van der Waals surface area contributed by atoms with Gasteiger partial charge in [0, 0.05) is 5.56 Å². The lowest BCUT2D eigenvalue weighted by molar-refractivity contribution is -0.137. The molecule has 1 N–H and O–H groups in total. The monoisotopic (exact) mass is 228 g/mol. The fourth-order valence-corrected chi connectivity index (χ4v) is 2.13. The number of ketones is 1. The molecule has 0 amide bonds. The van der Waals surface area contributed by atoms with Gasteiger partial charge in [0.05, 0.1) is 5.41 Å². The van der Waals surface area contributed by atoms with Crippen LogP contribution >= 0.6 is 0 Å². The molecule has 1 aromatic rings. The summed E-state index contributed by atoms with van der Waals surface area (Å²) in [5.41, 5.74) is 0.217. The largest absolute Gasteiger partial charge is 0.385 e. The number of hydrogen-bond acceptors (Lipinski definition) is 2. The van der Waals surface area contributed by atoms with E-state index >= 15 is 0 Å². The van der Waals surface area contributed by atoms with Crippen LogP contribution in [0.25, 0.3) is 0 Å². The molecule has 17 heavy (non-hydrogen) atoms. The molecule has 0 aromatic heterocycles. The second-order valence-corrected chi connectivity index (χ2v) is 4.72. The maximum Gasteiger partial charge on any atom is 0.178 e. The lowest BCUT2D eigenvalue weighted by Gasteiger charge is -2.29. The van der Waals surface area contributed by atoms with E-state index in [1.54, 1.807) is 0 Å². The van der Waals surface area contributed by atoms with Gasteiger partial charge in [0.1, 0.15) is 6.10 Å². The molecule has 2 heteroatoms. The highest BCUT2D eigenvalue weighted by atomic mass is 16.3. The summed E-state index contributed by atoms with van der Waals surface area (Å²) in [5.74, 6) is 5.93. The number of hydrogen-bond donors (Lipinski definition) is 1. The van der Waals surface area contributed by atoms with Crippen LogP contribution < -0.4 is 0 Å². The Bertz CT molecular complexity index is 467. The molecule has 2 rings (SSSR count). The van der Waals surface area contributed by atoms with Crippen molar-refractivity contribution in [1.29, 1.82) is 0 Å². The van der Waals surface area contributed by atoms with E-state index < -0.39 is 11.5 Å². The van der Waals surface area contributed by atoms with Crippen LogP contribution in [0.4, 0.5) is 0 Å². The van der Waals surface area contributed by atoms with Gasteiger partial charge in [0.25, 0.3) is 0 Å². The number of carbonyl (C=O) groups is 1. The Labute approximate surface area is 102 Å². The molecule has 0 unspecified atom stereocenters. The highest BCUT2D eigenvalue weighted by molar-refractivity contribution is 5.91. The summed E-state index contributed by atoms with van der Waals surface area (Å²) < 4.78 is 0. The van der Waals surface area contributed by atoms with Crippen molar-refractivity contribution >= 4 is 5.78 Å². The van der Waals surface area contributed by atoms with Crippen molar-refractivity contribution in [3.8, 4) is 11.8 Å². The molecule has 2 nitrogen and oxygen atoms in total. The molecule has 1 aliphatic rings. The first-order chi connectivity index (χ1) is 8.12. The summed E-state index contributed by atoms with van der Waals surface area (Å²) in [6, 6.07) is 9.61. The molecule has 1 aromatic carbocycles. The molecule has 1 aliphatic carbocycles. The summed E-state index contributed by atoms with van der Waals surface area (Å²) in [5, 5.41) is 9.59. The van der Waals surface area contributed by atoms with Crippen LogP contribution in [0.15, 0.2) is 30.3 Å². The maximum absolute atomic E-state index is 11.9. The Kier molecular flexibility index (Phi) is 3.31. The van der Waals surface area contributed by atoms with Crippen molar-refractivity contribution in [2.45, 2.75) is 32.3 Å². The van der Waals surface area contributed by atoms with Gasteiger partial charge in [0.15, 0.2) is 5.78 Å². The van der Waals surface area contributed by atoms with Crippen molar-refractivity contribution < 1.29 is 9.90 Å². The van der Waals surface area contributed by atoms with Crippen LogP contribution in [0.1, 0.15) is 31.7 Å². The van der Waals surface area contributed by atoms with Crippen LogP contribution in [-0.4, -0.2) is 17.0 Å². The van der Waals surface area contributed by atoms with E-state index in [9.17, 15) is 9.90 Å². The van der Waals surface area contributed by atoms with Gasteiger partial charge >= 0.3 is 0 Å². The first kappa shape index (κ1) is 11.9. The molecule has 0 heterocycles. The number of benzene rings is 1. The Morgan fingerprint density at radius 3 is 2.76 bits per heavy atom. The van der Waals surface area contributed by atoms with Gasteiger partial charge in [-0.25, -0.2) is 0 Å². The second kappa shape index (κ2) is 4.73. The van der Waals surface area contributed by atoms with Crippen molar-refractivity contribution in [2.24, 2.45) is 5.41 Å². The Morgan fingerprint density at radius 1 is 1.35 bits per heavy atom. The summed E-state index contributed by atoms with van der Waals surface area (Å²) in [6.45, 7) is 1.83. The highest BCUT2D eigenvalue weighted by Crippen LogP contribution is 2.32. The van der Waals surface area contributed by atoms with Gasteiger partial charge in [-0.3, -0.25) is 4.79 Å². The van der Waals surface area contributed by atoms with Gasteiger partial charge in [-0.05, 0) is 38.3 Å². The average molecular weight is 228 g/mol. The minimum Gasteiger partial charge on any atom is -0.385 e. The molecule has 1 fully saturated rings. The molecule has 0 saturated heterocycles. The van der Waals surface area contributed by atoms with Crippen LogP contribution in [0.3, 0.4) is 0 Å². The molecule has 0 aliphatic heterocycles. The summed E-state index contributed by atoms with van der Waals surface area (Å²) in [7, 11) is 0. The van der Waals surface area contributed by atoms with Gasteiger partial charge in [-0.15, -0.1) is 0 Å². The summed E-state index contributed by atoms with van der Waals surface area (Å²) in [4.78, 5) is 11.9. The van der Waals surface area contributed by atoms with Crippen LogP contribution in [0.2, 0.25) is 0 Å². The quantitative estimate of drug-likeness (QED) is 0.691. The van der Waals surface area contributed by atoms with Gasteiger partial charge in [-0.2, -0.15) is 0 Å². The van der Waals surface area contributed by atoms with E-state index in [0.717, 1.165) is 18.4 Å². The Hall–Kier alpha value is -1.59. The molecule has 0 radical (unpaired) electrons. The third-order valence-electron chi connectivity index (χ3n) is 3.26. The Balaban J connectivity index is 2.23. The van der Waals surface area contributed by atoms with Crippen LogP contribution in [0.5, 0.6) is 0 Å². The zero-order valence-electron chi connectivity index (χ0n) is 9.94. The van der Waals surface area contributed by atoms with Crippen molar-refractivity contribution in [2.75, 3.05) is 0 Å². The van der Waals surface area contributed by atoms with Crippen molar-refractivity contribution in [1.82, 2.24) is 0 Å². The first-order valence-electron chi connectivity index (χ1n) is 5.92. The lowest BCUT2D eigenvalue weighted by Crippen LogP contribution is -2.39. The molecular weight excluding hydrogens is 212 g/mol. The molecule has 2 atom stereocenters. The second-order valence-electron chi connectivity index (χ2n) is 4.72. The predicted molar refractivity (Wildman–Crippen MR) is 66.3 cm³/mol. The minimum absolute atomic E-state index is 0.132. The molecule has 0 bridgehead atoms. The lowest BCUT2D eigenvalue weighted by atomic mass is 9.74. The van der Waals surface area contributed by atoms with Crippen molar-refractivity contribution in [3.63, 3.8) is 0 Å². The van der Waals surface area contributed by atoms with E-state index in [0.29, 0.717) is 6.42 Å². The average Bonchev–Trinajstić information content (AvgIpc) is 2.35. The SMILES string of the molecule is C[C@@]1(C#Cc2ccccc2)CCC[C@@H](O)C1=O. The van der Waals surface area contributed by atoms with Gasteiger partial charge < -0.3 is 5.11 Å². The molecule has 1 saturated carbocycles. The first-order valence-corrected chi connectivity index (χ1v) is 5.92. The smallest absolute Gasteiger partial charge is 0.178 e. The number of Topliss-reactive ketones (excluding diaryl/α,β-unsaturated/α-hetero) is 1. The topological polar surface area (TPSA) is 37.3 Å². The van der Waals surface area contributed by atoms with Crippen LogP contribution in [0, 0.1) is 17.3 Å². The normalized spacial score (nSPS) is 28.4. The van der Waals surface area contributed by atoms with E-state index in [-0.39, 0.29) is 5.78 Å². The molecular formula is C15H16O2. The highest BCUT2D eigenvalue weighted by Gasteiger charge is 2.38. The third-order valence-corrected chi connectivity index (χ3v) is 3.26. The number of carbonyl (C=O) groups excluding carboxylic acids is 1. The van der Waals surface area contributed by atoms with Gasteiger partial charge in [-0.1, -0.05) is 30.0 Å². The van der Waals surface area contributed by atoms with Crippen LogP contribution in [-0.2, 0) is 4.79 Å². The van der Waals surface area contributed by atoms with E-state index in [2.05, 4.69) is 11.8 Å². The van der Waals surface area contributed by atoms with Crippen molar-refractivity contribution in [3.05, 3.63) is 35.9 Å². The summed E-state index contributed by atoms with van der Waals surface area (Å²) >= 11 is 0. The molecule has 0 spiro atoms. The standard InChI is InChI=1S/C15H16O2/c1-15(10-5-8-13(16)14(15)17)11-9-12-6-3-2-4-7-12/h2-4,6-7,13,16H,5,8,10H2,1H3/t13-,15+/m1/s1. The molecule has 88 valence electrons. The van der Waals surface area contributed by atoms with E-state index in [4.69, 9.17) is 0 Å².